The summed E-state index contributed by atoms with van der Waals surface area (Å²) < 4.78 is 40.9. The van der Waals surface area contributed by atoms with Gasteiger partial charge in [-0.3, -0.25) is 4.79 Å². The summed E-state index contributed by atoms with van der Waals surface area (Å²) in [7, 11) is 0. The molecule has 0 aliphatic carbocycles. The molecule has 0 aliphatic heterocycles. The number of rotatable bonds is 9. The van der Waals surface area contributed by atoms with E-state index in [9.17, 15) is 18.0 Å². The van der Waals surface area contributed by atoms with Gasteiger partial charge in [0.1, 0.15) is 5.75 Å². The average Bonchev–Trinajstić information content (AvgIpc) is 2.70. The summed E-state index contributed by atoms with van der Waals surface area (Å²) in [5.41, 5.74) is 1.48. The Morgan fingerprint density at radius 1 is 1.03 bits per heavy atom. The molecule has 0 radical (unpaired) electrons. The highest BCUT2D eigenvalue weighted by molar-refractivity contribution is 7.80. The van der Waals surface area contributed by atoms with Gasteiger partial charge in [-0.15, -0.1) is 13.2 Å². The molecule has 0 saturated carbocycles. The predicted molar refractivity (Wildman–Crippen MR) is 120 cm³/mol. The number of likely N-dealkylation sites (N-methyl/N-ethyl adjacent to an activating group) is 1. The lowest BCUT2D eigenvalue weighted by molar-refractivity contribution is -0.274. The summed E-state index contributed by atoms with van der Waals surface area (Å²) in [4.78, 5) is 14.4. The van der Waals surface area contributed by atoms with Crippen molar-refractivity contribution in [1.29, 1.82) is 0 Å². The largest absolute Gasteiger partial charge is 0.573 e. The Kier molecular flexibility index (Phi) is 9.07. The molecular weight excluding hydrogens is 429 g/mol. The van der Waals surface area contributed by atoms with Crippen molar-refractivity contribution in [3.8, 4) is 5.75 Å². The van der Waals surface area contributed by atoms with E-state index in [1.165, 1.54) is 18.2 Å². The van der Waals surface area contributed by atoms with Crippen molar-refractivity contribution >= 4 is 34.6 Å². The van der Waals surface area contributed by atoms with Crippen molar-refractivity contribution in [3.05, 3.63) is 54.1 Å². The fraction of sp³-hybridized carbons (Fsp3) is 0.333. The van der Waals surface area contributed by atoms with Gasteiger partial charge in [0.05, 0.1) is 0 Å². The molecule has 0 bridgehead atoms. The van der Waals surface area contributed by atoms with Crippen molar-refractivity contribution < 1.29 is 22.7 Å². The van der Waals surface area contributed by atoms with E-state index in [4.69, 9.17) is 12.2 Å². The Morgan fingerprint density at radius 3 is 2.29 bits per heavy atom. The number of alkyl halides is 3. The van der Waals surface area contributed by atoms with Gasteiger partial charge in [-0.05, 0) is 61.7 Å². The van der Waals surface area contributed by atoms with Crippen LogP contribution in [0.4, 0.5) is 24.5 Å². The van der Waals surface area contributed by atoms with Crippen LogP contribution in [0.15, 0.2) is 48.5 Å². The summed E-state index contributed by atoms with van der Waals surface area (Å²) in [5, 5.41) is 8.77. The van der Waals surface area contributed by atoms with Crippen LogP contribution in [0.25, 0.3) is 0 Å². The molecule has 2 aromatic carbocycles. The van der Waals surface area contributed by atoms with Crippen LogP contribution in [0, 0.1) is 0 Å². The van der Waals surface area contributed by atoms with Crippen LogP contribution in [0.3, 0.4) is 0 Å². The number of hydrogen-bond donors (Lipinski definition) is 3. The lowest BCUT2D eigenvalue weighted by atomic mass is 10.2. The van der Waals surface area contributed by atoms with Gasteiger partial charge < -0.3 is 25.6 Å². The van der Waals surface area contributed by atoms with Crippen LogP contribution in [0.1, 0.15) is 24.2 Å². The normalized spacial score (nSPS) is 11.2. The number of carbonyl (C=O) groups is 1. The lowest BCUT2D eigenvalue weighted by Gasteiger charge is -2.18. The van der Waals surface area contributed by atoms with Crippen molar-refractivity contribution in [3.63, 3.8) is 0 Å². The van der Waals surface area contributed by atoms with Gasteiger partial charge in [0.15, 0.2) is 5.11 Å². The topological polar surface area (TPSA) is 65.6 Å². The minimum absolute atomic E-state index is 0.166. The first-order valence-electron chi connectivity index (χ1n) is 9.74. The number of amides is 1. The van der Waals surface area contributed by atoms with Crippen LogP contribution in [0.5, 0.6) is 5.75 Å². The molecule has 0 atom stereocenters. The fourth-order valence-corrected chi connectivity index (χ4v) is 2.97. The number of halogens is 3. The number of benzene rings is 2. The first-order chi connectivity index (χ1) is 14.7. The molecule has 0 aliphatic rings. The van der Waals surface area contributed by atoms with E-state index in [0.29, 0.717) is 23.5 Å². The first kappa shape index (κ1) is 24.4. The highest BCUT2D eigenvalue weighted by Gasteiger charge is 2.31. The molecule has 2 aromatic rings. The van der Waals surface area contributed by atoms with E-state index < -0.39 is 6.36 Å². The highest BCUT2D eigenvalue weighted by atomic mass is 32.1. The molecule has 0 aromatic heterocycles. The van der Waals surface area contributed by atoms with Crippen LogP contribution in [-0.2, 0) is 0 Å². The van der Waals surface area contributed by atoms with Crippen molar-refractivity contribution in [2.24, 2.45) is 0 Å². The second-order valence-corrected chi connectivity index (χ2v) is 6.92. The van der Waals surface area contributed by atoms with E-state index >= 15 is 0 Å². The van der Waals surface area contributed by atoms with E-state index in [0.717, 1.165) is 19.6 Å². The maximum Gasteiger partial charge on any atom is 0.573 e. The Morgan fingerprint density at radius 2 is 1.68 bits per heavy atom. The van der Waals surface area contributed by atoms with Crippen molar-refractivity contribution in [2.45, 2.75) is 20.2 Å². The second kappa shape index (κ2) is 11.5. The van der Waals surface area contributed by atoms with Gasteiger partial charge in [-0.25, -0.2) is 0 Å². The summed E-state index contributed by atoms with van der Waals surface area (Å²) in [6, 6.07) is 12.1. The van der Waals surface area contributed by atoms with Crippen LogP contribution < -0.4 is 20.7 Å². The van der Waals surface area contributed by atoms with Gasteiger partial charge in [0, 0.05) is 36.1 Å². The Bertz CT molecular complexity index is 872. The summed E-state index contributed by atoms with van der Waals surface area (Å²) in [6.07, 6.45) is -4.77. The van der Waals surface area contributed by atoms with Gasteiger partial charge in [-0.2, -0.15) is 0 Å². The lowest BCUT2D eigenvalue weighted by Crippen LogP contribution is -2.34. The average molecular weight is 455 g/mol. The Labute approximate surface area is 184 Å². The molecule has 31 heavy (non-hydrogen) atoms. The molecule has 0 spiro atoms. The minimum atomic E-state index is -4.77. The molecule has 168 valence electrons. The molecule has 3 N–H and O–H groups in total. The quantitative estimate of drug-likeness (QED) is 0.486. The van der Waals surface area contributed by atoms with Gasteiger partial charge in [0.2, 0.25) is 0 Å². The van der Waals surface area contributed by atoms with Crippen molar-refractivity contribution in [1.82, 2.24) is 10.2 Å². The zero-order valence-corrected chi connectivity index (χ0v) is 18.1. The molecule has 0 heterocycles. The molecule has 6 nitrogen and oxygen atoms in total. The number of anilines is 2. The predicted octanol–water partition coefficient (Wildman–Crippen LogP) is 4.47. The van der Waals surface area contributed by atoms with E-state index in [-0.39, 0.29) is 16.8 Å². The zero-order chi connectivity index (χ0) is 22.9. The molecule has 0 saturated heterocycles. The van der Waals surface area contributed by atoms with Crippen LogP contribution in [-0.4, -0.2) is 48.5 Å². The summed E-state index contributed by atoms with van der Waals surface area (Å²) in [6.45, 7) is 7.35. The molecule has 1 amide bonds. The highest BCUT2D eigenvalue weighted by Crippen LogP contribution is 2.25. The third kappa shape index (κ3) is 8.81. The van der Waals surface area contributed by atoms with E-state index in [1.807, 2.05) is 0 Å². The summed E-state index contributed by atoms with van der Waals surface area (Å²) >= 11 is 5.19. The summed E-state index contributed by atoms with van der Waals surface area (Å²) in [5.74, 6) is -0.516. The SMILES string of the molecule is CCN(CC)CCNC(=O)c1ccc(NC(=S)Nc2cccc(OC(F)(F)F)c2)cc1. The smallest absolute Gasteiger partial charge is 0.406 e. The Balaban J connectivity index is 1.86. The van der Waals surface area contributed by atoms with Crippen LogP contribution >= 0.6 is 12.2 Å². The molecule has 10 heteroatoms. The third-order valence-corrected chi connectivity index (χ3v) is 4.54. The van der Waals surface area contributed by atoms with E-state index in [1.54, 1.807) is 30.3 Å². The maximum absolute atomic E-state index is 12.3. The molecule has 0 fully saturated rings. The number of thiocarbonyl (C=S) groups is 1. The Hall–Kier alpha value is -2.85. The van der Waals surface area contributed by atoms with Gasteiger partial charge in [-0.1, -0.05) is 19.9 Å². The maximum atomic E-state index is 12.3. The van der Waals surface area contributed by atoms with Gasteiger partial charge in [0.25, 0.3) is 5.91 Å². The monoisotopic (exact) mass is 454 g/mol. The van der Waals surface area contributed by atoms with Crippen LogP contribution in [0.2, 0.25) is 0 Å². The fourth-order valence-electron chi connectivity index (χ4n) is 2.74. The third-order valence-electron chi connectivity index (χ3n) is 4.34. The number of hydrogen-bond acceptors (Lipinski definition) is 4. The number of ether oxygens (including phenoxy) is 1. The molecule has 0 unspecified atom stereocenters. The molecular formula is C21H25F3N4O2S. The molecule has 2 rings (SSSR count). The second-order valence-electron chi connectivity index (χ2n) is 6.51. The minimum Gasteiger partial charge on any atom is -0.406 e. The van der Waals surface area contributed by atoms with E-state index in [2.05, 4.69) is 39.4 Å². The standard InChI is InChI=1S/C21H25F3N4O2S/c1-3-28(4-2)13-12-25-19(29)15-8-10-16(11-9-15)26-20(31)27-17-6-5-7-18(14-17)30-21(22,23)24/h5-11,14H,3-4,12-13H2,1-2H3,(H,25,29)(H2,26,27,31). The number of nitrogens with zero attached hydrogens (tertiary/aromatic N) is 1. The first-order valence-corrected chi connectivity index (χ1v) is 10.2. The zero-order valence-electron chi connectivity index (χ0n) is 17.3. The van der Waals surface area contributed by atoms with Crippen molar-refractivity contribution in [2.75, 3.05) is 36.8 Å². The number of nitrogens with one attached hydrogen (secondary N) is 3. The number of carbonyl (C=O) groups excluding carboxylic acids is 1. The van der Waals surface area contributed by atoms with Gasteiger partial charge >= 0.3 is 6.36 Å².